The van der Waals surface area contributed by atoms with Crippen molar-refractivity contribution in [2.45, 2.75) is 13.3 Å². The van der Waals surface area contributed by atoms with Crippen molar-refractivity contribution in [1.82, 2.24) is 0 Å². The van der Waals surface area contributed by atoms with Crippen LogP contribution in [0.4, 0.5) is 0 Å². The van der Waals surface area contributed by atoms with Gasteiger partial charge < -0.3 is 0 Å². The standard InChI is InChI=1S/C14H13Br/c1-11-6-5-9-14(15)13(11)10-12-7-3-2-4-8-12/h2-9H,10H2,1H3. The minimum Gasteiger partial charge on any atom is -0.0622 e. The van der Waals surface area contributed by atoms with Gasteiger partial charge >= 0.3 is 0 Å². The van der Waals surface area contributed by atoms with Crippen LogP contribution in [-0.2, 0) is 6.42 Å². The second-order valence-corrected chi connectivity index (χ2v) is 4.55. The molecule has 0 N–H and O–H groups in total. The Morgan fingerprint density at radius 2 is 1.67 bits per heavy atom. The van der Waals surface area contributed by atoms with Crippen LogP contribution in [0.2, 0.25) is 0 Å². The predicted molar refractivity (Wildman–Crippen MR) is 68.1 cm³/mol. The van der Waals surface area contributed by atoms with Crippen molar-refractivity contribution in [3.05, 3.63) is 69.7 Å². The monoisotopic (exact) mass is 260 g/mol. The Balaban J connectivity index is 2.32. The maximum absolute atomic E-state index is 3.60. The SMILES string of the molecule is Cc1cccc(Br)c1Cc1ccccc1. The summed E-state index contributed by atoms with van der Waals surface area (Å²) < 4.78 is 1.20. The first kappa shape index (κ1) is 10.4. The van der Waals surface area contributed by atoms with E-state index in [9.17, 15) is 0 Å². The minimum absolute atomic E-state index is 0.994. The molecule has 0 nitrogen and oxygen atoms in total. The summed E-state index contributed by atoms with van der Waals surface area (Å²) >= 11 is 3.60. The number of hydrogen-bond acceptors (Lipinski definition) is 0. The lowest BCUT2D eigenvalue weighted by Gasteiger charge is -2.08. The van der Waals surface area contributed by atoms with Gasteiger partial charge in [-0.25, -0.2) is 0 Å². The quantitative estimate of drug-likeness (QED) is 0.754. The van der Waals surface area contributed by atoms with Crippen molar-refractivity contribution < 1.29 is 0 Å². The lowest BCUT2D eigenvalue weighted by molar-refractivity contribution is 1.14. The van der Waals surface area contributed by atoms with E-state index >= 15 is 0 Å². The molecule has 76 valence electrons. The molecule has 2 aromatic rings. The molecule has 0 aromatic heterocycles. The highest BCUT2D eigenvalue weighted by Crippen LogP contribution is 2.22. The minimum atomic E-state index is 0.994. The molecular formula is C14H13Br. The Labute approximate surface area is 99.1 Å². The molecule has 0 saturated carbocycles. The van der Waals surface area contributed by atoms with E-state index in [1.807, 2.05) is 0 Å². The molecule has 0 spiro atoms. The molecule has 0 aliphatic rings. The number of halogens is 1. The Morgan fingerprint density at radius 1 is 0.933 bits per heavy atom. The first-order chi connectivity index (χ1) is 7.27. The maximum Gasteiger partial charge on any atom is 0.0213 e. The second kappa shape index (κ2) is 4.63. The van der Waals surface area contributed by atoms with Crippen molar-refractivity contribution in [2.75, 3.05) is 0 Å². The molecule has 0 aliphatic carbocycles. The molecule has 2 rings (SSSR count). The molecule has 0 saturated heterocycles. The van der Waals surface area contributed by atoms with Crippen molar-refractivity contribution in [1.29, 1.82) is 0 Å². The topological polar surface area (TPSA) is 0 Å². The van der Waals surface area contributed by atoms with Gasteiger partial charge in [0.05, 0.1) is 0 Å². The molecule has 2 aromatic carbocycles. The third kappa shape index (κ3) is 2.48. The molecule has 0 heterocycles. The highest BCUT2D eigenvalue weighted by atomic mass is 79.9. The first-order valence-corrected chi connectivity index (χ1v) is 5.84. The Kier molecular flexibility index (Phi) is 3.22. The van der Waals surface area contributed by atoms with Gasteiger partial charge in [-0.15, -0.1) is 0 Å². The molecule has 0 atom stereocenters. The number of hydrogen-bond donors (Lipinski definition) is 0. The van der Waals surface area contributed by atoms with E-state index in [1.165, 1.54) is 21.2 Å². The van der Waals surface area contributed by atoms with Crippen molar-refractivity contribution in [2.24, 2.45) is 0 Å². The normalized spacial score (nSPS) is 10.3. The van der Waals surface area contributed by atoms with Gasteiger partial charge in [0.1, 0.15) is 0 Å². The van der Waals surface area contributed by atoms with E-state index in [1.54, 1.807) is 0 Å². The van der Waals surface area contributed by atoms with Gasteiger partial charge in [-0.2, -0.15) is 0 Å². The molecule has 0 aliphatic heterocycles. The zero-order valence-electron chi connectivity index (χ0n) is 8.70. The van der Waals surface area contributed by atoms with Crippen LogP contribution in [0.1, 0.15) is 16.7 Å². The summed E-state index contributed by atoms with van der Waals surface area (Å²) in [5, 5.41) is 0. The molecule has 0 fully saturated rings. The van der Waals surface area contributed by atoms with Crippen LogP contribution >= 0.6 is 15.9 Å². The van der Waals surface area contributed by atoms with Crippen molar-refractivity contribution in [3.63, 3.8) is 0 Å². The van der Waals surface area contributed by atoms with Gasteiger partial charge in [-0.05, 0) is 36.1 Å². The predicted octanol–water partition coefficient (Wildman–Crippen LogP) is 4.35. The molecule has 0 radical (unpaired) electrons. The third-order valence-corrected chi connectivity index (χ3v) is 3.32. The number of benzene rings is 2. The van der Waals surface area contributed by atoms with Crippen LogP contribution in [0.3, 0.4) is 0 Å². The summed E-state index contributed by atoms with van der Waals surface area (Å²) in [6.45, 7) is 2.16. The highest BCUT2D eigenvalue weighted by molar-refractivity contribution is 9.10. The molecule has 0 unspecified atom stereocenters. The zero-order chi connectivity index (χ0) is 10.7. The fourth-order valence-corrected chi connectivity index (χ4v) is 2.30. The van der Waals surface area contributed by atoms with Crippen LogP contribution in [0.15, 0.2) is 53.0 Å². The average Bonchev–Trinajstić information content (AvgIpc) is 2.25. The summed E-state index contributed by atoms with van der Waals surface area (Å²) in [6.07, 6.45) is 0.994. The third-order valence-electron chi connectivity index (χ3n) is 2.58. The molecule has 15 heavy (non-hydrogen) atoms. The van der Waals surface area contributed by atoms with Crippen LogP contribution < -0.4 is 0 Å². The van der Waals surface area contributed by atoms with Gasteiger partial charge in [0.25, 0.3) is 0 Å². The maximum atomic E-state index is 3.60. The average molecular weight is 261 g/mol. The van der Waals surface area contributed by atoms with Gasteiger partial charge in [0.15, 0.2) is 0 Å². The molecule has 0 amide bonds. The molecule has 0 bridgehead atoms. The Hall–Kier alpha value is -1.08. The van der Waals surface area contributed by atoms with E-state index in [4.69, 9.17) is 0 Å². The second-order valence-electron chi connectivity index (χ2n) is 3.70. The van der Waals surface area contributed by atoms with Crippen LogP contribution in [0, 0.1) is 6.92 Å². The van der Waals surface area contributed by atoms with Gasteiger partial charge in [-0.1, -0.05) is 58.4 Å². The van der Waals surface area contributed by atoms with Crippen LogP contribution in [-0.4, -0.2) is 0 Å². The summed E-state index contributed by atoms with van der Waals surface area (Å²) in [5.74, 6) is 0. The molecular weight excluding hydrogens is 248 g/mol. The lowest BCUT2D eigenvalue weighted by atomic mass is 10.0. The van der Waals surface area contributed by atoms with Crippen LogP contribution in [0.25, 0.3) is 0 Å². The zero-order valence-corrected chi connectivity index (χ0v) is 10.3. The van der Waals surface area contributed by atoms with Crippen molar-refractivity contribution >= 4 is 15.9 Å². The van der Waals surface area contributed by atoms with Gasteiger partial charge in [-0.3, -0.25) is 0 Å². The highest BCUT2D eigenvalue weighted by Gasteiger charge is 2.03. The summed E-state index contributed by atoms with van der Waals surface area (Å²) in [4.78, 5) is 0. The number of rotatable bonds is 2. The fourth-order valence-electron chi connectivity index (χ4n) is 1.69. The molecule has 1 heteroatoms. The van der Waals surface area contributed by atoms with Gasteiger partial charge in [0.2, 0.25) is 0 Å². The van der Waals surface area contributed by atoms with Crippen LogP contribution in [0.5, 0.6) is 0 Å². The largest absolute Gasteiger partial charge is 0.0622 e. The first-order valence-electron chi connectivity index (χ1n) is 5.05. The summed E-state index contributed by atoms with van der Waals surface area (Å²) in [6, 6.07) is 16.9. The number of aryl methyl sites for hydroxylation is 1. The smallest absolute Gasteiger partial charge is 0.0213 e. The van der Waals surface area contributed by atoms with E-state index in [0.717, 1.165) is 6.42 Å². The van der Waals surface area contributed by atoms with E-state index in [2.05, 4.69) is 71.4 Å². The van der Waals surface area contributed by atoms with E-state index < -0.39 is 0 Å². The Bertz CT molecular complexity index is 426. The summed E-state index contributed by atoms with van der Waals surface area (Å²) in [5.41, 5.74) is 4.07. The lowest BCUT2D eigenvalue weighted by Crippen LogP contribution is -1.92. The Morgan fingerprint density at radius 3 is 2.33 bits per heavy atom. The summed E-state index contributed by atoms with van der Waals surface area (Å²) in [7, 11) is 0. The van der Waals surface area contributed by atoms with E-state index in [-0.39, 0.29) is 0 Å². The van der Waals surface area contributed by atoms with Gasteiger partial charge in [0, 0.05) is 4.47 Å². The van der Waals surface area contributed by atoms with Crippen molar-refractivity contribution in [3.8, 4) is 0 Å². The fraction of sp³-hybridized carbons (Fsp3) is 0.143. The van der Waals surface area contributed by atoms with E-state index in [0.29, 0.717) is 0 Å².